The minimum absolute atomic E-state index is 0.231. The van der Waals surface area contributed by atoms with Gasteiger partial charge in [0.05, 0.1) is 23.0 Å². The number of benzene rings is 1. The van der Waals surface area contributed by atoms with Gasteiger partial charge in [0.1, 0.15) is 5.75 Å². The molecule has 2 aliphatic rings. The first-order chi connectivity index (χ1) is 12.2. The Kier molecular flexibility index (Phi) is 4.77. The van der Waals surface area contributed by atoms with Crippen LogP contribution in [0.1, 0.15) is 31.4 Å². The fourth-order valence-corrected chi connectivity index (χ4v) is 3.71. The molecule has 0 radical (unpaired) electrons. The van der Waals surface area contributed by atoms with Crippen LogP contribution in [0.15, 0.2) is 30.5 Å². The van der Waals surface area contributed by atoms with Crippen molar-refractivity contribution in [2.24, 2.45) is 11.8 Å². The first-order valence-corrected chi connectivity index (χ1v) is 9.24. The van der Waals surface area contributed by atoms with Crippen molar-refractivity contribution in [3.05, 3.63) is 41.2 Å². The molecule has 1 aliphatic heterocycles. The molecule has 3 unspecified atom stereocenters. The largest absolute Gasteiger partial charge is 0.508 e. The summed E-state index contributed by atoms with van der Waals surface area (Å²) in [6, 6.07) is 6.81. The summed E-state index contributed by atoms with van der Waals surface area (Å²) in [7, 11) is 0. The summed E-state index contributed by atoms with van der Waals surface area (Å²) in [4.78, 5) is 8.84. The summed E-state index contributed by atoms with van der Waals surface area (Å²) in [5, 5.41) is 13.1. The Morgan fingerprint density at radius 2 is 2.08 bits per heavy atom. The van der Waals surface area contributed by atoms with E-state index in [1.54, 1.807) is 30.5 Å². The number of hydrogen-bond acceptors (Lipinski definition) is 5. The zero-order valence-electron chi connectivity index (χ0n) is 14.0. The average molecular weight is 360 g/mol. The molecule has 0 bridgehead atoms. The second-order valence-electron chi connectivity index (χ2n) is 6.99. The fraction of sp³-hybridized carbons (Fsp3) is 0.474. The molecule has 0 amide bonds. The maximum Gasteiger partial charge on any atom is 0.227 e. The molecular formula is C19H22ClN3O2. The molecule has 2 heterocycles. The summed E-state index contributed by atoms with van der Waals surface area (Å²) >= 11 is 6.30. The third kappa shape index (κ3) is 4.22. The van der Waals surface area contributed by atoms with Crippen LogP contribution in [0, 0.1) is 11.8 Å². The molecule has 2 N–H and O–H groups in total. The monoisotopic (exact) mass is 359 g/mol. The topological polar surface area (TPSA) is 67.3 Å². The van der Waals surface area contributed by atoms with Crippen molar-refractivity contribution in [2.75, 3.05) is 11.9 Å². The van der Waals surface area contributed by atoms with Crippen LogP contribution in [0.3, 0.4) is 0 Å². The molecule has 1 aromatic carbocycles. The maximum absolute atomic E-state index is 9.35. The summed E-state index contributed by atoms with van der Waals surface area (Å²) < 4.78 is 5.74. The van der Waals surface area contributed by atoms with E-state index in [-0.39, 0.29) is 5.75 Å². The van der Waals surface area contributed by atoms with Crippen molar-refractivity contribution in [1.82, 2.24) is 9.97 Å². The number of anilines is 2. The summed E-state index contributed by atoms with van der Waals surface area (Å²) in [5.74, 6) is 2.15. The van der Waals surface area contributed by atoms with E-state index in [1.807, 2.05) is 0 Å². The lowest BCUT2D eigenvalue weighted by atomic mass is 10.1. The highest BCUT2D eigenvalue weighted by Crippen LogP contribution is 2.46. The molecule has 5 nitrogen and oxygen atoms in total. The quantitative estimate of drug-likeness (QED) is 0.751. The number of aromatic nitrogens is 2. The Bertz CT molecular complexity index is 732. The Morgan fingerprint density at radius 1 is 1.24 bits per heavy atom. The van der Waals surface area contributed by atoms with Gasteiger partial charge in [0.15, 0.2) is 0 Å². The van der Waals surface area contributed by atoms with Crippen LogP contribution in [0.4, 0.5) is 11.6 Å². The van der Waals surface area contributed by atoms with Crippen molar-refractivity contribution in [1.29, 1.82) is 0 Å². The number of phenolic OH excluding ortho intramolecular Hbond substituents is 1. The molecular weight excluding hydrogens is 338 g/mol. The molecule has 6 heteroatoms. The lowest BCUT2D eigenvalue weighted by Crippen LogP contribution is -2.07. The van der Waals surface area contributed by atoms with E-state index in [2.05, 4.69) is 15.3 Å². The van der Waals surface area contributed by atoms with Crippen molar-refractivity contribution in [3.8, 4) is 5.75 Å². The van der Waals surface area contributed by atoms with E-state index in [1.165, 1.54) is 25.7 Å². The summed E-state index contributed by atoms with van der Waals surface area (Å²) in [6.07, 6.45) is 7.83. The predicted molar refractivity (Wildman–Crippen MR) is 97.3 cm³/mol. The molecule has 4 rings (SSSR count). The van der Waals surface area contributed by atoms with E-state index < -0.39 is 0 Å². The zero-order valence-corrected chi connectivity index (χ0v) is 14.7. The Labute approximate surface area is 152 Å². The van der Waals surface area contributed by atoms with Crippen LogP contribution >= 0.6 is 11.6 Å². The van der Waals surface area contributed by atoms with E-state index >= 15 is 0 Å². The number of nitrogens with zero attached hydrogens (tertiary/aromatic N) is 2. The summed E-state index contributed by atoms with van der Waals surface area (Å²) in [5.41, 5.74) is 1.73. The maximum atomic E-state index is 9.35. The molecule has 1 aromatic heterocycles. The zero-order chi connectivity index (χ0) is 17.2. The molecule has 1 saturated carbocycles. The van der Waals surface area contributed by atoms with Gasteiger partial charge in [-0.05, 0) is 68.2 Å². The van der Waals surface area contributed by atoms with Gasteiger partial charge in [-0.3, -0.25) is 0 Å². The molecule has 2 aromatic rings. The molecule has 1 aliphatic carbocycles. The molecule has 0 spiro atoms. The Balaban J connectivity index is 1.37. The predicted octanol–water partition coefficient (Wildman–Crippen LogP) is 4.33. The molecule has 2 fully saturated rings. The summed E-state index contributed by atoms with van der Waals surface area (Å²) in [6.45, 7) is 0.923. The third-order valence-electron chi connectivity index (χ3n) is 5.05. The molecule has 25 heavy (non-hydrogen) atoms. The Morgan fingerprint density at radius 3 is 2.84 bits per heavy atom. The third-order valence-corrected chi connectivity index (χ3v) is 5.37. The van der Waals surface area contributed by atoms with Crippen LogP contribution in [0.2, 0.25) is 5.02 Å². The highest BCUT2D eigenvalue weighted by atomic mass is 35.5. The van der Waals surface area contributed by atoms with Gasteiger partial charge in [0.25, 0.3) is 0 Å². The SMILES string of the molecule is Oc1ccc(Nc2ncc(Cl)c(CC3CC3CC3CCCO3)n2)cc1. The van der Waals surface area contributed by atoms with Gasteiger partial charge in [-0.1, -0.05) is 11.6 Å². The van der Waals surface area contributed by atoms with Gasteiger partial charge >= 0.3 is 0 Å². The highest BCUT2D eigenvalue weighted by molar-refractivity contribution is 6.31. The molecule has 1 saturated heterocycles. The van der Waals surface area contributed by atoms with Crippen molar-refractivity contribution >= 4 is 23.2 Å². The van der Waals surface area contributed by atoms with E-state index in [4.69, 9.17) is 16.3 Å². The second kappa shape index (κ2) is 7.18. The number of phenols is 1. The lowest BCUT2D eigenvalue weighted by molar-refractivity contribution is 0.0982. The lowest BCUT2D eigenvalue weighted by Gasteiger charge is -2.10. The smallest absolute Gasteiger partial charge is 0.227 e. The van der Waals surface area contributed by atoms with Gasteiger partial charge in [0, 0.05) is 12.3 Å². The minimum Gasteiger partial charge on any atom is -0.508 e. The number of hydrogen-bond donors (Lipinski definition) is 2. The first kappa shape index (κ1) is 16.6. The number of aromatic hydroxyl groups is 1. The number of rotatable bonds is 6. The highest BCUT2D eigenvalue weighted by Gasteiger charge is 2.39. The Hall–Kier alpha value is -1.85. The molecule has 132 valence electrons. The second-order valence-corrected chi connectivity index (χ2v) is 7.40. The van der Waals surface area contributed by atoms with Crippen molar-refractivity contribution < 1.29 is 9.84 Å². The van der Waals surface area contributed by atoms with Crippen LogP contribution in [-0.4, -0.2) is 27.8 Å². The minimum atomic E-state index is 0.231. The van der Waals surface area contributed by atoms with Crippen LogP contribution in [-0.2, 0) is 11.2 Å². The average Bonchev–Trinajstić information content (AvgIpc) is 3.10. The van der Waals surface area contributed by atoms with Gasteiger partial charge < -0.3 is 15.2 Å². The van der Waals surface area contributed by atoms with Crippen molar-refractivity contribution in [2.45, 2.75) is 38.2 Å². The fourth-order valence-electron chi connectivity index (χ4n) is 3.54. The van der Waals surface area contributed by atoms with E-state index in [0.29, 0.717) is 23.0 Å². The van der Waals surface area contributed by atoms with Gasteiger partial charge in [0.2, 0.25) is 5.95 Å². The number of ether oxygens (including phenoxy) is 1. The van der Waals surface area contributed by atoms with Crippen LogP contribution < -0.4 is 5.32 Å². The number of halogens is 1. The first-order valence-electron chi connectivity index (χ1n) is 8.86. The van der Waals surface area contributed by atoms with Crippen LogP contribution in [0.25, 0.3) is 0 Å². The van der Waals surface area contributed by atoms with Crippen LogP contribution in [0.5, 0.6) is 5.75 Å². The van der Waals surface area contributed by atoms with E-state index in [0.717, 1.165) is 30.3 Å². The standard InChI is InChI=1S/C19H22ClN3O2/c20-17-11-21-19(22-14-3-5-15(24)6-4-14)23-18(17)10-13-8-12(13)9-16-2-1-7-25-16/h3-6,11-13,16,24H,1-2,7-10H2,(H,21,22,23). The molecule has 3 atom stereocenters. The normalized spacial score (nSPS) is 25.1. The number of nitrogens with one attached hydrogen (secondary N) is 1. The van der Waals surface area contributed by atoms with E-state index in [9.17, 15) is 5.11 Å². The van der Waals surface area contributed by atoms with Gasteiger partial charge in [-0.2, -0.15) is 0 Å². The van der Waals surface area contributed by atoms with Gasteiger partial charge in [-0.25, -0.2) is 9.97 Å². The van der Waals surface area contributed by atoms with Gasteiger partial charge in [-0.15, -0.1) is 0 Å². The van der Waals surface area contributed by atoms with Crippen molar-refractivity contribution in [3.63, 3.8) is 0 Å².